The Morgan fingerprint density at radius 2 is 1.95 bits per heavy atom. The molecule has 1 atom stereocenters. The van der Waals surface area contributed by atoms with Gasteiger partial charge in [-0.2, -0.15) is 0 Å². The van der Waals surface area contributed by atoms with Crippen LogP contribution in [0.5, 0.6) is 0 Å². The fraction of sp³-hybridized carbons (Fsp3) is 0.353. The molecule has 1 unspecified atom stereocenters. The van der Waals surface area contributed by atoms with Crippen molar-refractivity contribution in [2.45, 2.75) is 38.8 Å². The number of benzene rings is 1. The van der Waals surface area contributed by atoms with Crippen LogP contribution in [0.15, 0.2) is 41.8 Å². The van der Waals surface area contributed by atoms with Crippen LogP contribution < -0.4 is 11.1 Å². The average molecular weight is 302 g/mol. The highest BCUT2D eigenvalue weighted by Crippen LogP contribution is 2.26. The maximum absolute atomic E-state index is 12.1. The molecular formula is C17H22N2OS. The summed E-state index contributed by atoms with van der Waals surface area (Å²) in [6, 6.07) is 12.2. The Balaban J connectivity index is 2.28. The van der Waals surface area contributed by atoms with E-state index in [1.165, 1.54) is 10.4 Å². The highest BCUT2D eigenvalue weighted by Gasteiger charge is 2.36. The molecule has 1 heterocycles. The standard InChI is InChI=1S/C17H22N2OS/c1-3-13-7-9-14(10-8-13)17(4-2,16(18)20)19-12-15-6-5-11-21-15/h5-11,19H,3-4,12H2,1-2H3,(H2,18,20). The van der Waals surface area contributed by atoms with Crippen LogP contribution in [-0.2, 0) is 23.3 Å². The molecule has 3 N–H and O–H groups in total. The number of nitrogens with one attached hydrogen (secondary N) is 1. The summed E-state index contributed by atoms with van der Waals surface area (Å²) in [5.74, 6) is -0.328. The number of amides is 1. The zero-order valence-corrected chi connectivity index (χ0v) is 13.4. The van der Waals surface area contributed by atoms with E-state index in [1.807, 2.05) is 30.5 Å². The minimum absolute atomic E-state index is 0.328. The normalized spacial score (nSPS) is 13.8. The van der Waals surface area contributed by atoms with Crippen LogP contribution in [0.1, 0.15) is 36.3 Å². The maximum atomic E-state index is 12.1. The average Bonchev–Trinajstić information content (AvgIpc) is 3.02. The first-order chi connectivity index (χ1) is 10.1. The fourth-order valence-corrected chi connectivity index (χ4v) is 3.16. The molecule has 0 bridgehead atoms. The van der Waals surface area contributed by atoms with Crippen molar-refractivity contribution in [2.75, 3.05) is 0 Å². The summed E-state index contributed by atoms with van der Waals surface area (Å²) in [5.41, 5.74) is 7.11. The van der Waals surface area contributed by atoms with Crippen LogP contribution in [0.2, 0.25) is 0 Å². The van der Waals surface area contributed by atoms with Gasteiger partial charge in [0.05, 0.1) is 0 Å². The molecule has 1 amide bonds. The van der Waals surface area contributed by atoms with Gasteiger partial charge in [-0.25, -0.2) is 0 Å². The Morgan fingerprint density at radius 1 is 1.24 bits per heavy atom. The van der Waals surface area contributed by atoms with Gasteiger partial charge in [-0.15, -0.1) is 11.3 Å². The molecule has 21 heavy (non-hydrogen) atoms. The Bertz CT molecular complexity index is 577. The molecule has 0 aliphatic rings. The smallest absolute Gasteiger partial charge is 0.242 e. The summed E-state index contributed by atoms with van der Waals surface area (Å²) in [6.45, 7) is 4.75. The quantitative estimate of drug-likeness (QED) is 0.825. The Labute approximate surface area is 130 Å². The van der Waals surface area contributed by atoms with Crippen molar-refractivity contribution in [3.8, 4) is 0 Å². The number of nitrogens with two attached hydrogens (primary N) is 1. The maximum Gasteiger partial charge on any atom is 0.242 e. The number of primary amides is 1. The van der Waals surface area contributed by atoms with Crippen molar-refractivity contribution in [2.24, 2.45) is 5.73 Å². The molecule has 0 spiro atoms. The molecule has 0 radical (unpaired) electrons. The van der Waals surface area contributed by atoms with Crippen molar-refractivity contribution < 1.29 is 4.79 Å². The Morgan fingerprint density at radius 3 is 2.43 bits per heavy atom. The molecule has 1 aromatic carbocycles. The van der Waals surface area contributed by atoms with Gasteiger partial charge in [-0.1, -0.05) is 44.2 Å². The first-order valence-electron chi connectivity index (χ1n) is 7.29. The second kappa shape index (κ2) is 6.87. The number of thiophene rings is 1. The summed E-state index contributed by atoms with van der Waals surface area (Å²) < 4.78 is 0. The molecule has 0 aliphatic heterocycles. The zero-order valence-electron chi connectivity index (χ0n) is 12.6. The van der Waals surface area contributed by atoms with Crippen LogP contribution in [0, 0.1) is 0 Å². The molecule has 112 valence electrons. The van der Waals surface area contributed by atoms with Gasteiger partial charge in [-0.05, 0) is 35.4 Å². The van der Waals surface area contributed by atoms with Gasteiger partial charge in [-0.3, -0.25) is 10.1 Å². The third-order valence-electron chi connectivity index (χ3n) is 3.95. The van der Waals surface area contributed by atoms with E-state index in [1.54, 1.807) is 11.3 Å². The molecule has 1 aromatic heterocycles. The first-order valence-corrected chi connectivity index (χ1v) is 8.17. The number of rotatable bonds is 7. The third-order valence-corrected chi connectivity index (χ3v) is 4.83. The van der Waals surface area contributed by atoms with Crippen molar-refractivity contribution in [3.63, 3.8) is 0 Å². The van der Waals surface area contributed by atoms with Crippen LogP contribution in [0.3, 0.4) is 0 Å². The Hall–Kier alpha value is -1.65. The predicted octanol–water partition coefficient (Wildman–Crippen LogP) is 3.19. The number of hydrogen-bond acceptors (Lipinski definition) is 3. The summed E-state index contributed by atoms with van der Waals surface area (Å²) in [6.07, 6.45) is 1.61. The molecule has 0 aliphatic carbocycles. The van der Waals surface area contributed by atoms with E-state index >= 15 is 0 Å². The Kier molecular flexibility index (Phi) is 5.15. The third kappa shape index (κ3) is 3.34. The van der Waals surface area contributed by atoms with E-state index in [-0.39, 0.29) is 5.91 Å². The lowest BCUT2D eigenvalue weighted by Crippen LogP contribution is -2.51. The monoisotopic (exact) mass is 302 g/mol. The molecular weight excluding hydrogens is 280 g/mol. The van der Waals surface area contributed by atoms with Gasteiger partial charge in [0.2, 0.25) is 5.91 Å². The van der Waals surface area contributed by atoms with Crippen LogP contribution in [0.4, 0.5) is 0 Å². The van der Waals surface area contributed by atoms with E-state index in [0.717, 1.165) is 12.0 Å². The molecule has 4 heteroatoms. The second-order valence-electron chi connectivity index (χ2n) is 5.11. The highest BCUT2D eigenvalue weighted by molar-refractivity contribution is 7.09. The molecule has 0 fully saturated rings. The van der Waals surface area contributed by atoms with E-state index in [0.29, 0.717) is 13.0 Å². The molecule has 0 saturated carbocycles. The molecule has 2 aromatic rings. The van der Waals surface area contributed by atoms with Gasteiger partial charge in [0.1, 0.15) is 5.54 Å². The summed E-state index contributed by atoms with van der Waals surface area (Å²) in [4.78, 5) is 13.3. The largest absolute Gasteiger partial charge is 0.368 e. The van der Waals surface area contributed by atoms with Crippen LogP contribution in [0.25, 0.3) is 0 Å². The SMILES string of the molecule is CCc1ccc(C(CC)(NCc2cccs2)C(N)=O)cc1. The lowest BCUT2D eigenvalue weighted by atomic mass is 9.85. The second-order valence-corrected chi connectivity index (χ2v) is 6.14. The van der Waals surface area contributed by atoms with Gasteiger partial charge < -0.3 is 5.73 Å². The van der Waals surface area contributed by atoms with E-state index < -0.39 is 5.54 Å². The van der Waals surface area contributed by atoms with E-state index in [2.05, 4.69) is 30.4 Å². The van der Waals surface area contributed by atoms with Gasteiger partial charge in [0.15, 0.2) is 0 Å². The van der Waals surface area contributed by atoms with Gasteiger partial charge in [0, 0.05) is 11.4 Å². The van der Waals surface area contributed by atoms with Crippen LogP contribution in [-0.4, -0.2) is 5.91 Å². The zero-order chi connectivity index (χ0) is 15.3. The number of carbonyl (C=O) groups excluding carboxylic acids is 1. The number of carbonyl (C=O) groups is 1. The topological polar surface area (TPSA) is 55.1 Å². The molecule has 0 saturated heterocycles. The fourth-order valence-electron chi connectivity index (χ4n) is 2.51. The highest BCUT2D eigenvalue weighted by atomic mass is 32.1. The van der Waals surface area contributed by atoms with Crippen molar-refractivity contribution >= 4 is 17.2 Å². The van der Waals surface area contributed by atoms with E-state index in [9.17, 15) is 4.79 Å². The number of aryl methyl sites for hydroxylation is 1. The first kappa shape index (κ1) is 15.7. The summed E-state index contributed by atoms with van der Waals surface area (Å²) >= 11 is 1.67. The van der Waals surface area contributed by atoms with E-state index in [4.69, 9.17) is 5.73 Å². The lowest BCUT2D eigenvalue weighted by molar-refractivity contribution is -0.125. The van der Waals surface area contributed by atoms with Gasteiger partial charge >= 0.3 is 0 Å². The minimum Gasteiger partial charge on any atom is -0.368 e. The molecule has 3 nitrogen and oxygen atoms in total. The lowest BCUT2D eigenvalue weighted by Gasteiger charge is -2.31. The molecule has 2 rings (SSSR count). The van der Waals surface area contributed by atoms with Gasteiger partial charge in [0.25, 0.3) is 0 Å². The van der Waals surface area contributed by atoms with Crippen molar-refractivity contribution in [1.29, 1.82) is 0 Å². The van der Waals surface area contributed by atoms with Crippen LogP contribution >= 0.6 is 11.3 Å². The number of hydrogen-bond donors (Lipinski definition) is 2. The predicted molar refractivity (Wildman–Crippen MR) is 88.1 cm³/mol. The minimum atomic E-state index is -0.809. The van der Waals surface area contributed by atoms with Crippen molar-refractivity contribution in [3.05, 3.63) is 57.8 Å². The summed E-state index contributed by atoms with van der Waals surface area (Å²) in [7, 11) is 0. The summed E-state index contributed by atoms with van der Waals surface area (Å²) in [5, 5.41) is 5.41. The van der Waals surface area contributed by atoms with Crippen molar-refractivity contribution in [1.82, 2.24) is 5.32 Å².